The van der Waals surface area contributed by atoms with Crippen LogP contribution in [0.25, 0.3) is 0 Å². The molecule has 0 radical (unpaired) electrons. The van der Waals surface area contributed by atoms with Crippen LogP contribution in [0.3, 0.4) is 0 Å². The molecule has 0 bridgehead atoms. The molecule has 0 spiro atoms. The fraction of sp³-hybridized carbons (Fsp3) is 0.923. The minimum absolute atomic E-state index is 0.186. The van der Waals surface area contributed by atoms with E-state index >= 15 is 0 Å². The molecule has 0 aromatic heterocycles. The molecule has 2 atom stereocenters. The summed E-state index contributed by atoms with van der Waals surface area (Å²) >= 11 is 0. The third-order valence-corrected chi connectivity index (χ3v) is 4.06. The lowest BCUT2D eigenvalue weighted by atomic mass is 9.93. The van der Waals surface area contributed by atoms with Crippen molar-refractivity contribution < 1.29 is 9.90 Å². The molecule has 4 heteroatoms. The zero-order chi connectivity index (χ0) is 12.3. The van der Waals surface area contributed by atoms with Crippen molar-refractivity contribution in [3.63, 3.8) is 0 Å². The maximum Gasteiger partial charge on any atom is 0.226 e. The highest BCUT2D eigenvalue weighted by atomic mass is 16.3. The summed E-state index contributed by atoms with van der Waals surface area (Å²) in [4.78, 5) is 16.6. The Morgan fingerprint density at radius 1 is 1.24 bits per heavy atom. The summed E-state index contributed by atoms with van der Waals surface area (Å²) in [7, 11) is 2.09. The number of carbonyl (C=O) groups excluding carboxylic acids is 1. The van der Waals surface area contributed by atoms with Gasteiger partial charge in [-0.3, -0.25) is 4.79 Å². The van der Waals surface area contributed by atoms with Crippen molar-refractivity contribution >= 4 is 5.91 Å². The molecule has 2 fully saturated rings. The van der Waals surface area contributed by atoms with E-state index in [9.17, 15) is 9.90 Å². The standard InChI is InChI=1S/C13H24N2O2/c1-14-6-3-5-12(9-14)13(17)15-7-2-4-11(8-15)10-16/h11-12,16H,2-10H2,1H3/t11-,12+/m1/s1. The molecule has 2 rings (SSSR count). The van der Waals surface area contributed by atoms with E-state index in [0.29, 0.717) is 11.8 Å². The van der Waals surface area contributed by atoms with Crippen molar-refractivity contribution in [3.05, 3.63) is 0 Å². The van der Waals surface area contributed by atoms with Gasteiger partial charge in [0.25, 0.3) is 0 Å². The highest BCUT2D eigenvalue weighted by molar-refractivity contribution is 5.79. The molecular weight excluding hydrogens is 216 g/mol. The molecule has 2 saturated heterocycles. The number of hydrogen-bond donors (Lipinski definition) is 1. The van der Waals surface area contributed by atoms with Gasteiger partial charge in [-0.15, -0.1) is 0 Å². The van der Waals surface area contributed by atoms with Gasteiger partial charge >= 0.3 is 0 Å². The van der Waals surface area contributed by atoms with Gasteiger partial charge in [-0.25, -0.2) is 0 Å². The Morgan fingerprint density at radius 3 is 2.71 bits per heavy atom. The number of aliphatic hydroxyl groups excluding tert-OH is 1. The third-order valence-electron chi connectivity index (χ3n) is 4.06. The Labute approximate surface area is 104 Å². The van der Waals surface area contributed by atoms with Gasteiger partial charge in [-0.05, 0) is 45.2 Å². The van der Waals surface area contributed by atoms with Gasteiger partial charge in [0.15, 0.2) is 0 Å². The van der Waals surface area contributed by atoms with Crippen LogP contribution in [0.2, 0.25) is 0 Å². The van der Waals surface area contributed by atoms with Gasteiger partial charge in [0.2, 0.25) is 5.91 Å². The maximum absolute atomic E-state index is 12.4. The number of piperidine rings is 2. The van der Waals surface area contributed by atoms with Gasteiger partial charge in [0.1, 0.15) is 0 Å². The predicted octanol–water partition coefficient (Wildman–Crippen LogP) is 0.559. The minimum atomic E-state index is 0.186. The Kier molecular flexibility index (Phi) is 4.40. The van der Waals surface area contributed by atoms with Crippen LogP contribution in [0.1, 0.15) is 25.7 Å². The first-order valence-corrected chi connectivity index (χ1v) is 6.79. The zero-order valence-electron chi connectivity index (χ0n) is 10.8. The number of amides is 1. The number of aliphatic hydroxyl groups is 1. The van der Waals surface area contributed by atoms with E-state index in [4.69, 9.17) is 0 Å². The molecule has 2 aliphatic rings. The first kappa shape index (κ1) is 12.8. The first-order chi connectivity index (χ1) is 8.20. The van der Waals surface area contributed by atoms with Crippen LogP contribution < -0.4 is 0 Å². The lowest BCUT2D eigenvalue weighted by Gasteiger charge is -2.37. The van der Waals surface area contributed by atoms with Crippen molar-refractivity contribution in [2.75, 3.05) is 39.8 Å². The van der Waals surface area contributed by atoms with Gasteiger partial charge in [0, 0.05) is 26.2 Å². The second-order valence-electron chi connectivity index (χ2n) is 5.58. The Hall–Kier alpha value is -0.610. The largest absolute Gasteiger partial charge is 0.396 e. The molecule has 0 aromatic carbocycles. The van der Waals surface area contributed by atoms with Crippen molar-refractivity contribution in [1.29, 1.82) is 0 Å². The monoisotopic (exact) mass is 240 g/mol. The summed E-state index contributed by atoms with van der Waals surface area (Å²) < 4.78 is 0. The van der Waals surface area contributed by atoms with E-state index < -0.39 is 0 Å². The fourth-order valence-electron chi connectivity index (χ4n) is 3.04. The molecule has 0 aliphatic carbocycles. The van der Waals surface area contributed by atoms with Crippen molar-refractivity contribution in [2.24, 2.45) is 11.8 Å². The van der Waals surface area contributed by atoms with Crippen LogP contribution in [-0.2, 0) is 4.79 Å². The number of rotatable bonds is 2. The zero-order valence-corrected chi connectivity index (χ0v) is 10.8. The van der Waals surface area contributed by atoms with E-state index in [-0.39, 0.29) is 12.5 Å². The van der Waals surface area contributed by atoms with E-state index in [1.54, 1.807) is 0 Å². The van der Waals surface area contributed by atoms with Crippen LogP contribution in [0.4, 0.5) is 0 Å². The molecule has 0 aromatic rings. The quantitative estimate of drug-likeness (QED) is 0.767. The van der Waals surface area contributed by atoms with E-state index in [0.717, 1.165) is 51.9 Å². The Balaban J connectivity index is 1.89. The molecule has 2 aliphatic heterocycles. The van der Waals surface area contributed by atoms with E-state index in [2.05, 4.69) is 11.9 Å². The smallest absolute Gasteiger partial charge is 0.226 e. The second-order valence-corrected chi connectivity index (χ2v) is 5.58. The van der Waals surface area contributed by atoms with E-state index in [1.807, 2.05) is 4.90 Å². The Bertz CT molecular complexity index is 270. The molecule has 98 valence electrons. The summed E-state index contributed by atoms with van der Waals surface area (Å²) in [5.74, 6) is 0.801. The third kappa shape index (κ3) is 3.19. The topological polar surface area (TPSA) is 43.8 Å². The highest BCUT2D eigenvalue weighted by Crippen LogP contribution is 2.22. The van der Waals surface area contributed by atoms with Crippen LogP contribution >= 0.6 is 0 Å². The molecular formula is C13H24N2O2. The minimum Gasteiger partial charge on any atom is -0.396 e. The summed E-state index contributed by atoms with van der Waals surface area (Å²) in [6, 6.07) is 0. The first-order valence-electron chi connectivity index (χ1n) is 6.79. The normalized spacial score (nSPS) is 31.5. The molecule has 1 N–H and O–H groups in total. The van der Waals surface area contributed by atoms with Gasteiger partial charge < -0.3 is 14.9 Å². The van der Waals surface area contributed by atoms with Crippen molar-refractivity contribution in [1.82, 2.24) is 9.80 Å². The average Bonchev–Trinajstić information content (AvgIpc) is 2.38. The fourth-order valence-corrected chi connectivity index (χ4v) is 3.04. The summed E-state index contributed by atoms with van der Waals surface area (Å²) in [5.41, 5.74) is 0. The molecule has 4 nitrogen and oxygen atoms in total. The summed E-state index contributed by atoms with van der Waals surface area (Å²) in [5, 5.41) is 9.20. The van der Waals surface area contributed by atoms with Crippen LogP contribution in [0.15, 0.2) is 0 Å². The van der Waals surface area contributed by atoms with Gasteiger partial charge in [0.05, 0.1) is 5.92 Å². The molecule has 1 amide bonds. The SMILES string of the molecule is CN1CCC[C@H](C(=O)N2CCC[C@@H](CO)C2)C1. The van der Waals surface area contributed by atoms with Gasteiger partial charge in [-0.1, -0.05) is 0 Å². The van der Waals surface area contributed by atoms with Crippen LogP contribution in [0, 0.1) is 11.8 Å². The molecule has 17 heavy (non-hydrogen) atoms. The van der Waals surface area contributed by atoms with Gasteiger partial charge in [-0.2, -0.15) is 0 Å². The second kappa shape index (κ2) is 5.83. The Morgan fingerprint density at radius 2 is 2.00 bits per heavy atom. The number of hydrogen-bond acceptors (Lipinski definition) is 3. The van der Waals surface area contributed by atoms with Crippen LogP contribution in [-0.4, -0.2) is 60.6 Å². The highest BCUT2D eigenvalue weighted by Gasteiger charge is 2.30. The predicted molar refractivity (Wildman–Crippen MR) is 66.6 cm³/mol. The maximum atomic E-state index is 12.4. The molecule has 0 unspecified atom stereocenters. The number of likely N-dealkylation sites (tertiary alicyclic amines) is 2. The lowest BCUT2D eigenvalue weighted by Crippen LogP contribution is -2.47. The van der Waals surface area contributed by atoms with E-state index in [1.165, 1.54) is 0 Å². The summed E-state index contributed by atoms with van der Waals surface area (Å²) in [6.07, 6.45) is 4.26. The van der Waals surface area contributed by atoms with Crippen LogP contribution in [0.5, 0.6) is 0 Å². The molecule has 0 saturated carbocycles. The lowest BCUT2D eigenvalue weighted by molar-refractivity contribution is -0.139. The average molecular weight is 240 g/mol. The number of nitrogens with zero attached hydrogens (tertiary/aromatic N) is 2. The molecule has 2 heterocycles. The van der Waals surface area contributed by atoms with Crippen molar-refractivity contribution in [2.45, 2.75) is 25.7 Å². The summed E-state index contributed by atoms with van der Waals surface area (Å²) in [6.45, 7) is 3.88. The number of carbonyl (C=O) groups is 1. The van der Waals surface area contributed by atoms with Crippen molar-refractivity contribution in [3.8, 4) is 0 Å².